The minimum Gasteiger partial charge on any atom is -0.207 e. The Kier molecular flexibility index (Phi) is 4.43. The Labute approximate surface area is 124 Å². The third kappa shape index (κ3) is 2.71. The number of thioether (sulfide) groups is 1. The zero-order chi connectivity index (χ0) is 14.9. The summed E-state index contributed by atoms with van der Waals surface area (Å²) in [6, 6.07) is 6.74. The molecule has 0 amide bonds. The van der Waals surface area contributed by atoms with Crippen molar-refractivity contribution in [2.45, 2.75) is 37.0 Å². The molecule has 0 aliphatic carbocycles. The van der Waals surface area contributed by atoms with Crippen molar-refractivity contribution in [2.75, 3.05) is 12.3 Å². The van der Waals surface area contributed by atoms with E-state index in [0.29, 0.717) is 17.7 Å². The van der Waals surface area contributed by atoms with Crippen LogP contribution in [0.3, 0.4) is 0 Å². The zero-order valence-electron chi connectivity index (χ0n) is 11.8. The van der Waals surface area contributed by atoms with Crippen LogP contribution in [0.5, 0.6) is 0 Å². The molecule has 108 valence electrons. The maximum Gasteiger partial charge on any atom is 0.243 e. The molecule has 1 saturated heterocycles. The molecule has 2 rings (SSSR count). The van der Waals surface area contributed by atoms with Crippen LogP contribution in [0.1, 0.15) is 25.0 Å². The first-order valence-electron chi connectivity index (χ1n) is 6.52. The summed E-state index contributed by atoms with van der Waals surface area (Å²) in [6.07, 6.45) is 0. The smallest absolute Gasteiger partial charge is 0.207 e. The Morgan fingerprint density at radius 1 is 1.40 bits per heavy atom. The van der Waals surface area contributed by atoms with Crippen molar-refractivity contribution < 1.29 is 8.42 Å². The monoisotopic (exact) mass is 310 g/mol. The van der Waals surface area contributed by atoms with Crippen molar-refractivity contribution in [1.29, 1.82) is 5.26 Å². The molecule has 0 saturated carbocycles. The average molecular weight is 310 g/mol. The van der Waals surface area contributed by atoms with E-state index in [-0.39, 0.29) is 16.2 Å². The number of sulfonamides is 1. The molecular weight excluding hydrogens is 292 g/mol. The highest BCUT2D eigenvalue weighted by Gasteiger charge is 2.34. The Hall–Kier alpha value is -1.03. The quantitative estimate of drug-likeness (QED) is 0.841. The van der Waals surface area contributed by atoms with Crippen LogP contribution in [-0.2, 0) is 10.0 Å². The fourth-order valence-electron chi connectivity index (χ4n) is 2.30. The largest absolute Gasteiger partial charge is 0.243 e. The Morgan fingerprint density at radius 3 is 2.70 bits per heavy atom. The van der Waals surface area contributed by atoms with E-state index in [1.54, 1.807) is 35.1 Å². The van der Waals surface area contributed by atoms with Gasteiger partial charge in [0.05, 0.1) is 16.5 Å². The summed E-state index contributed by atoms with van der Waals surface area (Å²) >= 11 is 1.80. The van der Waals surface area contributed by atoms with Crippen molar-refractivity contribution in [3.8, 4) is 6.07 Å². The predicted molar refractivity (Wildman–Crippen MR) is 81.2 cm³/mol. The fraction of sp³-hybridized carbons (Fsp3) is 0.500. The first-order valence-corrected chi connectivity index (χ1v) is 9.01. The maximum absolute atomic E-state index is 12.7. The van der Waals surface area contributed by atoms with Gasteiger partial charge in [0.1, 0.15) is 0 Å². The van der Waals surface area contributed by atoms with Gasteiger partial charge in [0.15, 0.2) is 0 Å². The van der Waals surface area contributed by atoms with Gasteiger partial charge in [-0.25, -0.2) is 8.42 Å². The number of rotatable bonds is 2. The highest BCUT2D eigenvalue weighted by Crippen LogP contribution is 2.29. The second-order valence-corrected chi connectivity index (χ2v) is 8.40. The molecule has 20 heavy (non-hydrogen) atoms. The molecule has 6 heteroatoms. The van der Waals surface area contributed by atoms with Gasteiger partial charge < -0.3 is 0 Å². The van der Waals surface area contributed by atoms with E-state index in [2.05, 4.69) is 13.0 Å². The second-order valence-electron chi connectivity index (χ2n) is 5.02. The van der Waals surface area contributed by atoms with Crippen LogP contribution in [0, 0.1) is 18.3 Å². The summed E-state index contributed by atoms with van der Waals surface area (Å²) in [6.45, 7) is 6.30. The highest BCUT2D eigenvalue weighted by molar-refractivity contribution is 8.00. The molecule has 0 N–H and O–H groups in total. The summed E-state index contributed by atoms with van der Waals surface area (Å²) in [5.74, 6) is 0.819. The van der Waals surface area contributed by atoms with E-state index >= 15 is 0 Å². The molecule has 0 spiro atoms. The first kappa shape index (κ1) is 15.4. The van der Waals surface area contributed by atoms with E-state index in [9.17, 15) is 8.42 Å². The second kappa shape index (κ2) is 5.76. The molecule has 1 fully saturated rings. The molecule has 1 aliphatic rings. The predicted octanol–water partition coefficient (Wildman–Crippen LogP) is 2.38. The molecule has 1 aromatic rings. The molecule has 0 radical (unpaired) electrons. The SMILES string of the molecule is Cc1cc(S(=O)(=O)N2CCSC(C)C2C)ccc1C#N. The van der Waals surface area contributed by atoms with Crippen molar-refractivity contribution in [3.05, 3.63) is 29.3 Å². The lowest BCUT2D eigenvalue weighted by molar-refractivity contribution is 0.340. The van der Waals surface area contributed by atoms with Crippen molar-refractivity contribution in [3.63, 3.8) is 0 Å². The van der Waals surface area contributed by atoms with Gasteiger partial charge in [0.25, 0.3) is 0 Å². The van der Waals surface area contributed by atoms with Crippen LogP contribution in [0.15, 0.2) is 23.1 Å². The Balaban J connectivity index is 2.40. The summed E-state index contributed by atoms with van der Waals surface area (Å²) in [5.41, 5.74) is 1.21. The number of nitrogens with zero attached hydrogens (tertiary/aromatic N) is 2. The van der Waals surface area contributed by atoms with E-state index < -0.39 is 10.0 Å². The number of hydrogen-bond donors (Lipinski definition) is 0. The maximum atomic E-state index is 12.7. The fourth-order valence-corrected chi connectivity index (χ4v) is 5.38. The summed E-state index contributed by atoms with van der Waals surface area (Å²) in [4.78, 5) is 0.278. The van der Waals surface area contributed by atoms with Gasteiger partial charge in [-0.2, -0.15) is 21.3 Å². The Morgan fingerprint density at radius 2 is 2.10 bits per heavy atom. The average Bonchev–Trinajstić information content (AvgIpc) is 2.41. The van der Waals surface area contributed by atoms with Gasteiger partial charge in [-0.1, -0.05) is 6.92 Å². The Bertz CT molecular complexity index is 650. The zero-order valence-corrected chi connectivity index (χ0v) is 13.5. The summed E-state index contributed by atoms with van der Waals surface area (Å²) in [5, 5.41) is 9.21. The molecule has 2 atom stereocenters. The van der Waals surface area contributed by atoms with Crippen LogP contribution < -0.4 is 0 Å². The topological polar surface area (TPSA) is 61.2 Å². The molecule has 4 nitrogen and oxygen atoms in total. The lowest BCUT2D eigenvalue weighted by Crippen LogP contribution is -2.47. The lowest BCUT2D eigenvalue weighted by Gasteiger charge is -2.36. The molecule has 2 unspecified atom stereocenters. The molecule has 1 aliphatic heterocycles. The lowest BCUT2D eigenvalue weighted by atomic mass is 10.1. The van der Waals surface area contributed by atoms with Gasteiger partial charge in [0, 0.05) is 23.6 Å². The standard InChI is InChI=1S/C14H18N2O2S2/c1-10-8-14(5-4-13(10)9-15)20(17,18)16-6-7-19-12(3)11(16)2/h4-5,8,11-12H,6-7H2,1-3H3. The molecular formula is C14H18N2O2S2. The van der Waals surface area contributed by atoms with Crippen molar-refractivity contribution >= 4 is 21.8 Å². The summed E-state index contributed by atoms with van der Waals surface area (Å²) in [7, 11) is -3.48. The minimum atomic E-state index is -3.48. The molecule has 0 aromatic heterocycles. The van der Waals surface area contributed by atoms with Crippen molar-refractivity contribution in [1.82, 2.24) is 4.31 Å². The van der Waals surface area contributed by atoms with E-state index in [4.69, 9.17) is 5.26 Å². The first-order chi connectivity index (χ1) is 9.37. The molecule has 0 bridgehead atoms. The van der Waals surface area contributed by atoms with Crippen LogP contribution in [-0.4, -0.2) is 36.3 Å². The van der Waals surface area contributed by atoms with E-state index in [1.165, 1.54) is 6.07 Å². The third-order valence-electron chi connectivity index (χ3n) is 3.75. The van der Waals surface area contributed by atoms with Crippen LogP contribution in [0.4, 0.5) is 0 Å². The molecule has 1 heterocycles. The van der Waals surface area contributed by atoms with E-state index in [0.717, 1.165) is 5.75 Å². The van der Waals surface area contributed by atoms with Crippen LogP contribution >= 0.6 is 11.8 Å². The number of benzene rings is 1. The minimum absolute atomic E-state index is 0.0188. The number of hydrogen-bond acceptors (Lipinski definition) is 4. The van der Waals surface area contributed by atoms with Gasteiger partial charge in [-0.15, -0.1) is 0 Å². The van der Waals surface area contributed by atoms with Crippen LogP contribution in [0.25, 0.3) is 0 Å². The third-order valence-corrected chi connectivity index (χ3v) is 7.07. The van der Waals surface area contributed by atoms with Crippen molar-refractivity contribution in [2.24, 2.45) is 0 Å². The number of nitriles is 1. The summed E-state index contributed by atoms with van der Waals surface area (Å²) < 4.78 is 27.0. The van der Waals surface area contributed by atoms with Crippen LogP contribution in [0.2, 0.25) is 0 Å². The highest BCUT2D eigenvalue weighted by atomic mass is 32.2. The van der Waals surface area contributed by atoms with Gasteiger partial charge in [-0.3, -0.25) is 0 Å². The number of aryl methyl sites for hydroxylation is 1. The molecule has 1 aromatic carbocycles. The normalized spacial score (nSPS) is 24.3. The van der Waals surface area contributed by atoms with E-state index in [1.807, 2.05) is 6.92 Å². The van der Waals surface area contributed by atoms with Gasteiger partial charge >= 0.3 is 0 Å². The van der Waals surface area contributed by atoms with Gasteiger partial charge in [-0.05, 0) is 37.6 Å². The van der Waals surface area contributed by atoms with Gasteiger partial charge in [0.2, 0.25) is 10.0 Å².